The average molecular weight is 281 g/mol. The van der Waals surface area contributed by atoms with E-state index in [9.17, 15) is 4.39 Å². The number of benzene rings is 1. The highest BCUT2D eigenvalue weighted by Crippen LogP contribution is 2.40. The van der Waals surface area contributed by atoms with E-state index >= 15 is 0 Å². The Morgan fingerprint density at radius 3 is 2.62 bits per heavy atom. The third-order valence-corrected chi connectivity index (χ3v) is 4.82. The van der Waals surface area contributed by atoms with Crippen LogP contribution in [0.5, 0.6) is 0 Å². The highest BCUT2D eigenvalue weighted by molar-refractivity contribution is 5.81. The molecule has 106 valence electrons. The molecule has 4 rings (SSSR count). The highest BCUT2D eigenvalue weighted by atomic mass is 19.1. The molecular weight excluding hydrogens is 265 g/mol. The van der Waals surface area contributed by atoms with Crippen LogP contribution in [0.3, 0.4) is 0 Å². The fourth-order valence-electron chi connectivity index (χ4n) is 3.77. The summed E-state index contributed by atoms with van der Waals surface area (Å²) < 4.78 is 13.4. The van der Waals surface area contributed by atoms with Gasteiger partial charge in [-0.1, -0.05) is 0 Å². The molecule has 2 aromatic rings. The van der Waals surface area contributed by atoms with E-state index in [4.69, 9.17) is 10.2 Å². The van der Waals surface area contributed by atoms with Gasteiger partial charge >= 0.3 is 0 Å². The first-order valence-corrected chi connectivity index (χ1v) is 7.43. The van der Waals surface area contributed by atoms with Crippen molar-refractivity contribution in [3.63, 3.8) is 0 Å². The zero-order valence-electron chi connectivity index (χ0n) is 11.7. The lowest BCUT2D eigenvalue weighted by Crippen LogP contribution is -2.22. The van der Waals surface area contributed by atoms with Crippen LogP contribution < -0.4 is 4.90 Å². The number of alkyl halides is 1. The molecular formula is C17H16FN3. The molecule has 21 heavy (non-hydrogen) atoms. The summed E-state index contributed by atoms with van der Waals surface area (Å²) in [7, 11) is 0. The van der Waals surface area contributed by atoms with E-state index in [-0.39, 0.29) is 0 Å². The van der Waals surface area contributed by atoms with Gasteiger partial charge in [0.05, 0.1) is 17.1 Å². The van der Waals surface area contributed by atoms with E-state index in [0.29, 0.717) is 30.2 Å². The standard InChI is InChI=1S/C17H16FN3/c18-15-6-13-9-21(10-14(13)7-15)17-4-2-12-5-11(8-19)1-3-16(12)20-17/h1-5,13-15H,6-7,9-10H2. The van der Waals surface area contributed by atoms with Gasteiger partial charge in [0, 0.05) is 18.5 Å². The Hall–Kier alpha value is -2.15. The third-order valence-electron chi connectivity index (χ3n) is 4.82. The number of hydrogen-bond acceptors (Lipinski definition) is 3. The number of rotatable bonds is 1. The lowest BCUT2D eigenvalue weighted by molar-refractivity contribution is 0.325. The Morgan fingerprint density at radius 1 is 1.14 bits per heavy atom. The predicted molar refractivity (Wildman–Crippen MR) is 79.8 cm³/mol. The minimum atomic E-state index is -0.601. The van der Waals surface area contributed by atoms with Gasteiger partial charge in [0.2, 0.25) is 0 Å². The Balaban J connectivity index is 1.62. The smallest absolute Gasteiger partial charge is 0.129 e. The van der Waals surface area contributed by atoms with Gasteiger partial charge < -0.3 is 4.90 Å². The van der Waals surface area contributed by atoms with Gasteiger partial charge in [0.25, 0.3) is 0 Å². The van der Waals surface area contributed by atoms with Crippen LogP contribution in [0.4, 0.5) is 10.2 Å². The predicted octanol–water partition coefficient (Wildman–Crippen LogP) is 3.29. The minimum absolute atomic E-state index is 0.485. The molecule has 0 radical (unpaired) electrons. The van der Waals surface area contributed by atoms with Crippen LogP contribution in [0, 0.1) is 23.2 Å². The fourth-order valence-corrected chi connectivity index (χ4v) is 3.77. The number of fused-ring (bicyclic) bond motifs is 2. The van der Waals surface area contributed by atoms with Gasteiger partial charge in [-0.2, -0.15) is 5.26 Å². The molecule has 4 heteroatoms. The number of halogens is 1. The topological polar surface area (TPSA) is 39.9 Å². The Morgan fingerprint density at radius 2 is 1.90 bits per heavy atom. The van der Waals surface area contributed by atoms with E-state index in [2.05, 4.69) is 11.0 Å². The second-order valence-corrected chi connectivity index (χ2v) is 6.18. The summed E-state index contributed by atoms with van der Waals surface area (Å²) in [6.07, 6.45) is 0.816. The van der Waals surface area contributed by atoms with Gasteiger partial charge in [-0.3, -0.25) is 0 Å². The summed E-state index contributed by atoms with van der Waals surface area (Å²) in [4.78, 5) is 6.98. The van der Waals surface area contributed by atoms with Crippen molar-refractivity contribution in [1.29, 1.82) is 5.26 Å². The number of pyridine rings is 1. The van der Waals surface area contributed by atoms with E-state index in [0.717, 1.165) is 29.8 Å². The first kappa shape index (κ1) is 12.6. The first-order chi connectivity index (χ1) is 10.2. The quantitative estimate of drug-likeness (QED) is 0.805. The summed E-state index contributed by atoms with van der Waals surface area (Å²) in [6.45, 7) is 1.83. The largest absolute Gasteiger partial charge is 0.356 e. The molecule has 1 aliphatic carbocycles. The molecule has 3 nitrogen and oxygen atoms in total. The Labute approximate surface area is 123 Å². The van der Waals surface area contributed by atoms with Crippen molar-refractivity contribution in [3.8, 4) is 6.07 Å². The van der Waals surface area contributed by atoms with Crippen molar-refractivity contribution in [3.05, 3.63) is 35.9 Å². The lowest BCUT2D eigenvalue weighted by Gasteiger charge is -2.19. The van der Waals surface area contributed by atoms with Crippen molar-refractivity contribution in [1.82, 2.24) is 4.98 Å². The van der Waals surface area contributed by atoms with Gasteiger partial charge in [0.15, 0.2) is 0 Å². The molecule has 2 fully saturated rings. The number of hydrogen-bond donors (Lipinski definition) is 0. The van der Waals surface area contributed by atoms with Crippen molar-refractivity contribution in [2.24, 2.45) is 11.8 Å². The summed E-state index contributed by atoms with van der Waals surface area (Å²) >= 11 is 0. The van der Waals surface area contributed by atoms with Crippen molar-refractivity contribution >= 4 is 16.7 Å². The molecule has 2 unspecified atom stereocenters. The molecule has 1 saturated carbocycles. The maximum Gasteiger partial charge on any atom is 0.129 e. The molecule has 0 amide bonds. The third kappa shape index (κ3) is 2.13. The molecule has 1 aromatic heterocycles. The lowest BCUT2D eigenvalue weighted by atomic mass is 10.0. The van der Waals surface area contributed by atoms with Crippen molar-refractivity contribution in [2.75, 3.05) is 18.0 Å². The van der Waals surface area contributed by atoms with Crippen LogP contribution in [0.2, 0.25) is 0 Å². The van der Waals surface area contributed by atoms with Crippen LogP contribution in [0.25, 0.3) is 10.9 Å². The van der Waals surface area contributed by atoms with Crippen molar-refractivity contribution in [2.45, 2.75) is 19.0 Å². The number of anilines is 1. The zero-order valence-corrected chi connectivity index (χ0v) is 11.7. The highest BCUT2D eigenvalue weighted by Gasteiger charge is 2.41. The van der Waals surface area contributed by atoms with Gasteiger partial charge in [-0.15, -0.1) is 0 Å². The number of aromatic nitrogens is 1. The maximum atomic E-state index is 13.4. The summed E-state index contributed by atoms with van der Waals surface area (Å²) in [5.41, 5.74) is 1.56. The van der Waals surface area contributed by atoms with Crippen LogP contribution in [-0.2, 0) is 0 Å². The van der Waals surface area contributed by atoms with E-state index in [1.165, 1.54) is 0 Å². The van der Waals surface area contributed by atoms with E-state index in [1.54, 1.807) is 6.07 Å². The minimum Gasteiger partial charge on any atom is -0.356 e. The Kier molecular flexibility index (Phi) is 2.81. The van der Waals surface area contributed by atoms with Crippen LogP contribution in [0.1, 0.15) is 18.4 Å². The van der Waals surface area contributed by atoms with Crippen molar-refractivity contribution < 1.29 is 4.39 Å². The molecule has 0 spiro atoms. The fraction of sp³-hybridized carbons (Fsp3) is 0.412. The average Bonchev–Trinajstić information content (AvgIpc) is 3.03. The SMILES string of the molecule is N#Cc1ccc2nc(N3CC4CC(F)CC4C3)ccc2c1. The first-order valence-electron chi connectivity index (χ1n) is 7.43. The Bertz CT molecular complexity index is 722. The van der Waals surface area contributed by atoms with E-state index in [1.807, 2.05) is 24.3 Å². The zero-order chi connectivity index (χ0) is 14.4. The van der Waals surface area contributed by atoms with Gasteiger partial charge in [-0.05, 0) is 55.0 Å². The molecule has 0 bridgehead atoms. The summed E-state index contributed by atoms with van der Waals surface area (Å²) in [5.74, 6) is 1.94. The van der Waals surface area contributed by atoms with Crippen LogP contribution >= 0.6 is 0 Å². The van der Waals surface area contributed by atoms with Gasteiger partial charge in [-0.25, -0.2) is 9.37 Å². The molecule has 2 atom stereocenters. The molecule has 1 saturated heterocycles. The van der Waals surface area contributed by atoms with Crippen LogP contribution in [0.15, 0.2) is 30.3 Å². The molecule has 1 aromatic carbocycles. The van der Waals surface area contributed by atoms with Gasteiger partial charge in [0.1, 0.15) is 12.0 Å². The second-order valence-electron chi connectivity index (χ2n) is 6.18. The monoisotopic (exact) mass is 281 g/mol. The second kappa shape index (κ2) is 4.70. The molecule has 1 aliphatic heterocycles. The summed E-state index contributed by atoms with van der Waals surface area (Å²) in [6, 6.07) is 11.7. The normalized spacial score (nSPS) is 27.8. The van der Waals surface area contributed by atoms with E-state index < -0.39 is 6.17 Å². The molecule has 2 aliphatic rings. The maximum absolute atomic E-state index is 13.4. The molecule has 2 heterocycles. The molecule has 0 N–H and O–H groups in total. The summed E-state index contributed by atoms with van der Waals surface area (Å²) in [5, 5.41) is 9.92. The number of nitrogens with zero attached hydrogens (tertiary/aromatic N) is 3. The number of nitriles is 1. The van der Waals surface area contributed by atoms with Crippen LogP contribution in [-0.4, -0.2) is 24.2 Å².